The second-order valence-corrected chi connectivity index (χ2v) is 6.05. The summed E-state index contributed by atoms with van der Waals surface area (Å²) in [6.45, 7) is 3.82. The molecule has 3 rings (SSSR count). The minimum atomic E-state index is -0.305. The summed E-state index contributed by atoms with van der Waals surface area (Å²) in [5.41, 5.74) is 3.35. The predicted molar refractivity (Wildman–Crippen MR) is 92.9 cm³/mol. The van der Waals surface area contributed by atoms with E-state index in [1.165, 1.54) is 6.33 Å². The zero-order chi connectivity index (χ0) is 16.7. The van der Waals surface area contributed by atoms with Crippen LogP contribution in [-0.2, 0) is 12.7 Å². The molecule has 1 aliphatic rings. The van der Waals surface area contributed by atoms with Crippen molar-refractivity contribution in [3.05, 3.63) is 30.6 Å². The minimum Gasteiger partial charge on any atom is -0.870 e. The number of fused-ring (bicyclic) bond motifs is 1. The van der Waals surface area contributed by atoms with E-state index in [9.17, 15) is 0 Å². The summed E-state index contributed by atoms with van der Waals surface area (Å²) < 4.78 is 0. The van der Waals surface area contributed by atoms with Gasteiger partial charge in [-0.15, -0.1) is 0 Å². The second kappa shape index (κ2) is 11.8. The molecule has 1 aromatic heterocycles. The predicted octanol–water partition coefficient (Wildman–Crippen LogP) is 3.16. The van der Waals surface area contributed by atoms with Crippen LogP contribution in [0, 0.1) is 0 Å². The van der Waals surface area contributed by atoms with E-state index >= 15 is 0 Å². The van der Waals surface area contributed by atoms with Crippen LogP contribution < -0.4 is 4.98 Å². The molecule has 0 unspecified atom stereocenters. The molecule has 0 fully saturated rings. The summed E-state index contributed by atoms with van der Waals surface area (Å²) in [5.74, 6) is 0.243. The van der Waals surface area contributed by atoms with Gasteiger partial charge in [0, 0.05) is 17.8 Å². The Kier molecular flexibility index (Phi) is 11.0. The number of aromatic nitrogens is 3. The van der Waals surface area contributed by atoms with Gasteiger partial charge in [-0.2, -0.15) is 0 Å². The fourth-order valence-corrected chi connectivity index (χ4v) is 1.96. The first-order valence-corrected chi connectivity index (χ1v) is 9.10. The first kappa shape index (κ1) is 23.3. The summed E-state index contributed by atoms with van der Waals surface area (Å²) in [4.78, 5) is 13.0. The van der Waals surface area contributed by atoms with Crippen LogP contribution in [-0.4, -0.2) is 38.6 Å². The fraction of sp³-hybridized carbons (Fsp3) is 0.231. The Morgan fingerprint density at radius 2 is 1.60 bits per heavy atom. The quantitative estimate of drug-likeness (QED) is 0.530. The molecule has 140 valence electrons. The Hall–Kier alpha value is -1.71. The molecule has 9 nitrogen and oxygen atoms in total. The van der Waals surface area contributed by atoms with E-state index in [1.54, 1.807) is 0 Å². The van der Waals surface area contributed by atoms with Crippen LogP contribution in [0.2, 0.25) is 0 Å². The van der Waals surface area contributed by atoms with Crippen LogP contribution >= 0.6 is 20.4 Å². The molecule has 3 N–H and O–H groups in total. The van der Waals surface area contributed by atoms with Gasteiger partial charge in [0.1, 0.15) is 12.0 Å². The van der Waals surface area contributed by atoms with E-state index < -0.39 is 0 Å². The van der Waals surface area contributed by atoms with E-state index in [-0.39, 0.29) is 22.9 Å². The molecule has 0 spiro atoms. The standard InChI is InChI=1S/C13H12N7.2ClH.Ni.2H2O/c1-8-12(18-20-13-14-7-15-19-13)9(2)17-11-6-4-3-5-10(11)16-8;;;;;/h3-7,12H,1-2H3;2*1H;;2*1H2/q-1;;;+2;;/p-3. The maximum absolute atomic E-state index is 4.70. The molecule has 0 saturated carbocycles. The molecule has 1 aliphatic heterocycles. The molecule has 0 aliphatic carbocycles. The minimum absolute atomic E-state index is 0. The van der Waals surface area contributed by atoms with Gasteiger partial charge in [0.05, 0.1) is 11.4 Å². The van der Waals surface area contributed by atoms with Gasteiger partial charge in [-0.3, -0.25) is 15.1 Å². The van der Waals surface area contributed by atoms with Crippen molar-refractivity contribution in [1.82, 2.24) is 15.2 Å². The molecule has 0 amide bonds. The molecule has 25 heavy (non-hydrogen) atoms. The maximum atomic E-state index is 4.70. The number of hydrogen-bond donors (Lipinski definition) is 0. The number of rotatable bonds is 2. The molecular formula is C13H15Cl2N7NiO2-2. The first-order chi connectivity index (χ1) is 11.2. The molecule has 2 heterocycles. The molecular weight excluding hydrogens is 416 g/mol. The van der Waals surface area contributed by atoms with Crippen LogP contribution in [0.1, 0.15) is 13.8 Å². The fourth-order valence-electron chi connectivity index (χ4n) is 1.96. The smallest absolute Gasteiger partial charge is 0.870 e. The molecule has 1 aromatic carbocycles. The molecule has 2 aromatic rings. The Balaban J connectivity index is 0.00000108. The van der Waals surface area contributed by atoms with Gasteiger partial charge < -0.3 is 21.0 Å². The zero-order valence-corrected chi connectivity index (χ0v) is 15.6. The van der Waals surface area contributed by atoms with Crippen molar-refractivity contribution < 1.29 is 23.6 Å². The zero-order valence-electron chi connectivity index (χ0n) is 13.1. The van der Waals surface area contributed by atoms with E-state index in [1.807, 2.05) is 38.1 Å². The number of aliphatic imine (C=N–C) groups is 2. The van der Waals surface area contributed by atoms with E-state index in [0.717, 1.165) is 22.8 Å². The van der Waals surface area contributed by atoms with Crippen molar-refractivity contribution in [2.45, 2.75) is 19.9 Å². The summed E-state index contributed by atoms with van der Waals surface area (Å²) in [6, 6.07) is 7.43. The summed E-state index contributed by atoms with van der Waals surface area (Å²) >= 11 is 0.569. The monoisotopic (exact) mass is 429 g/mol. The van der Waals surface area contributed by atoms with Gasteiger partial charge in [-0.25, -0.2) is 10.2 Å². The third-order valence-electron chi connectivity index (χ3n) is 2.90. The number of para-hydroxylation sites is 2. The van der Waals surface area contributed by atoms with Gasteiger partial charge in [0.25, 0.3) is 0 Å². The van der Waals surface area contributed by atoms with Crippen molar-refractivity contribution in [2.75, 3.05) is 0 Å². The summed E-state index contributed by atoms with van der Waals surface area (Å²) in [5, 5.41) is 15.5. The Labute approximate surface area is 158 Å². The van der Waals surface area contributed by atoms with Crippen molar-refractivity contribution in [1.29, 1.82) is 0 Å². The number of benzene rings is 1. The third-order valence-corrected chi connectivity index (χ3v) is 2.90. The average molecular weight is 431 g/mol. The number of hydrogen-bond acceptors (Lipinski definition) is 7. The topological polar surface area (TPSA) is 151 Å². The Morgan fingerprint density at radius 1 is 1.08 bits per heavy atom. The Bertz CT molecular complexity index is 699. The Morgan fingerprint density at radius 3 is 2.04 bits per heavy atom. The van der Waals surface area contributed by atoms with Crippen LogP contribution in [0.4, 0.5) is 17.3 Å². The van der Waals surface area contributed by atoms with E-state index in [2.05, 4.69) is 35.4 Å². The van der Waals surface area contributed by atoms with Gasteiger partial charge in [-0.1, -0.05) is 12.1 Å². The number of azo groups is 1. The van der Waals surface area contributed by atoms with Gasteiger partial charge in [0.2, 0.25) is 0 Å². The van der Waals surface area contributed by atoms with Crippen LogP contribution in [0.15, 0.2) is 50.8 Å². The van der Waals surface area contributed by atoms with Gasteiger partial charge in [-0.05, 0) is 26.0 Å². The molecule has 12 heteroatoms. The van der Waals surface area contributed by atoms with Crippen molar-refractivity contribution in [2.24, 2.45) is 20.2 Å². The SMILES string of the molecule is CC1=Nc2ccccc2N=C(C)C1N=Nc1nnc[n-]1.O.[Cl][Ni][Cl].[OH-]. The van der Waals surface area contributed by atoms with Crippen molar-refractivity contribution in [3.8, 4) is 0 Å². The van der Waals surface area contributed by atoms with Crippen LogP contribution in [0.25, 0.3) is 0 Å². The van der Waals surface area contributed by atoms with Gasteiger partial charge >= 0.3 is 33.0 Å². The third kappa shape index (κ3) is 6.60. The molecule has 0 radical (unpaired) electrons. The number of halogens is 2. The van der Waals surface area contributed by atoms with E-state index in [4.69, 9.17) is 20.4 Å². The van der Waals surface area contributed by atoms with Crippen LogP contribution in [0.5, 0.6) is 0 Å². The molecule has 0 atom stereocenters. The summed E-state index contributed by atoms with van der Waals surface area (Å²) in [7, 11) is 9.40. The van der Waals surface area contributed by atoms with E-state index in [0.29, 0.717) is 12.7 Å². The first-order valence-electron chi connectivity index (χ1n) is 6.38. The van der Waals surface area contributed by atoms with Crippen molar-refractivity contribution in [3.63, 3.8) is 0 Å². The summed E-state index contributed by atoms with van der Waals surface area (Å²) in [6.07, 6.45) is 1.33. The second-order valence-electron chi connectivity index (χ2n) is 4.42. The maximum Gasteiger partial charge on any atom is -0.870 e. The number of nitrogens with zero attached hydrogens (tertiary/aromatic N) is 7. The van der Waals surface area contributed by atoms with Crippen molar-refractivity contribution >= 4 is 49.1 Å². The normalized spacial score (nSPS) is 13.4. The molecule has 0 saturated heterocycles. The largest absolute Gasteiger partial charge is 0.870 e. The van der Waals surface area contributed by atoms with Crippen LogP contribution in [0.3, 0.4) is 0 Å². The van der Waals surface area contributed by atoms with Gasteiger partial charge in [0.15, 0.2) is 0 Å². The average Bonchev–Trinajstić information content (AvgIpc) is 2.99. The molecule has 0 bridgehead atoms.